The van der Waals surface area contributed by atoms with Crippen LogP contribution in [0.2, 0.25) is 0 Å². The third-order valence-corrected chi connectivity index (χ3v) is 2.45. The summed E-state index contributed by atoms with van der Waals surface area (Å²) in [6.45, 7) is 4.03. The summed E-state index contributed by atoms with van der Waals surface area (Å²) >= 11 is 0. The normalized spacial score (nSPS) is 14.3. The Kier molecular flexibility index (Phi) is 4.64. The van der Waals surface area contributed by atoms with E-state index in [1.807, 2.05) is 13.8 Å². The molecule has 0 spiro atoms. The Morgan fingerprint density at radius 3 is 2.75 bits per heavy atom. The number of nitrogens with zero attached hydrogens (tertiary/aromatic N) is 2. The summed E-state index contributed by atoms with van der Waals surface area (Å²) in [6.07, 6.45) is 2.44. The molecule has 86 valence electrons. The van der Waals surface area contributed by atoms with Gasteiger partial charge in [-0.2, -0.15) is 5.10 Å². The molecule has 0 saturated heterocycles. The maximum absolute atomic E-state index is 13.2. The zero-order valence-electron chi connectivity index (χ0n) is 9.52. The fraction of sp³-hybridized carbons (Fsp3) is 0.333. The SMILES string of the molecule is CC[C@@H](C)C(C=Nc1ccccc1F)=NN. The van der Waals surface area contributed by atoms with Gasteiger partial charge in [-0.25, -0.2) is 4.39 Å². The van der Waals surface area contributed by atoms with Crippen LogP contribution in [0.1, 0.15) is 20.3 Å². The summed E-state index contributed by atoms with van der Waals surface area (Å²) in [4.78, 5) is 4.04. The van der Waals surface area contributed by atoms with Crippen LogP contribution in [0, 0.1) is 11.7 Å². The number of hydrazone groups is 1. The molecule has 0 aliphatic carbocycles. The monoisotopic (exact) mass is 221 g/mol. The van der Waals surface area contributed by atoms with E-state index in [0.717, 1.165) is 6.42 Å². The van der Waals surface area contributed by atoms with Crippen LogP contribution in [0.25, 0.3) is 0 Å². The standard InChI is InChI=1S/C12H16FN3/c1-3-9(2)12(16-14)8-15-11-7-5-4-6-10(11)13/h4-9H,3,14H2,1-2H3/t9-/m1/s1. The Morgan fingerprint density at radius 1 is 1.50 bits per heavy atom. The average Bonchev–Trinajstić information content (AvgIpc) is 2.31. The summed E-state index contributed by atoms with van der Waals surface area (Å²) < 4.78 is 13.2. The molecule has 0 heterocycles. The zero-order valence-corrected chi connectivity index (χ0v) is 9.52. The Morgan fingerprint density at radius 2 is 2.19 bits per heavy atom. The molecule has 0 aliphatic rings. The van der Waals surface area contributed by atoms with Crippen molar-refractivity contribution in [3.63, 3.8) is 0 Å². The lowest BCUT2D eigenvalue weighted by molar-refractivity contribution is 0.630. The van der Waals surface area contributed by atoms with Gasteiger partial charge in [0, 0.05) is 5.92 Å². The summed E-state index contributed by atoms with van der Waals surface area (Å²) in [5.74, 6) is 5.13. The van der Waals surface area contributed by atoms with Crippen LogP contribution in [-0.2, 0) is 0 Å². The van der Waals surface area contributed by atoms with Gasteiger partial charge >= 0.3 is 0 Å². The van der Waals surface area contributed by atoms with Gasteiger partial charge in [-0.1, -0.05) is 26.0 Å². The molecule has 16 heavy (non-hydrogen) atoms. The average molecular weight is 221 g/mol. The van der Waals surface area contributed by atoms with Crippen molar-refractivity contribution in [1.29, 1.82) is 0 Å². The molecule has 1 aromatic carbocycles. The van der Waals surface area contributed by atoms with Crippen LogP contribution in [0.3, 0.4) is 0 Å². The number of benzene rings is 1. The lowest BCUT2D eigenvalue weighted by Crippen LogP contribution is -2.13. The fourth-order valence-corrected chi connectivity index (χ4v) is 1.19. The lowest BCUT2D eigenvalue weighted by Gasteiger charge is -2.06. The van der Waals surface area contributed by atoms with Crippen molar-refractivity contribution in [1.82, 2.24) is 0 Å². The first kappa shape index (κ1) is 12.4. The summed E-state index contributed by atoms with van der Waals surface area (Å²) in [5, 5.41) is 3.65. The van der Waals surface area contributed by atoms with Crippen molar-refractivity contribution in [3.05, 3.63) is 30.1 Å². The molecule has 0 unspecified atom stereocenters. The molecule has 1 aromatic rings. The maximum Gasteiger partial charge on any atom is 0.148 e. The molecule has 0 saturated carbocycles. The molecule has 0 aromatic heterocycles. The third kappa shape index (κ3) is 3.15. The van der Waals surface area contributed by atoms with Gasteiger partial charge in [-0.05, 0) is 18.6 Å². The highest BCUT2D eigenvalue weighted by atomic mass is 19.1. The molecule has 0 fully saturated rings. The number of nitrogens with two attached hydrogens (primary N) is 1. The predicted molar refractivity (Wildman–Crippen MR) is 65.6 cm³/mol. The summed E-state index contributed by atoms with van der Waals surface area (Å²) in [6, 6.07) is 6.34. The quantitative estimate of drug-likeness (QED) is 0.474. The molecule has 3 nitrogen and oxygen atoms in total. The van der Waals surface area contributed by atoms with Gasteiger partial charge in [0.15, 0.2) is 0 Å². The molecule has 0 radical (unpaired) electrons. The van der Waals surface area contributed by atoms with Crippen LogP contribution in [-0.4, -0.2) is 11.9 Å². The van der Waals surface area contributed by atoms with Crippen LogP contribution >= 0.6 is 0 Å². The van der Waals surface area contributed by atoms with E-state index in [1.54, 1.807) is 18.2 Å². The van der Waals surface area contributed by atoms with E-state index in [9.17, 15) is 4.39 Å². The second kappa shape index (κ2) is 6.00. The maximum atomic E-state index is 13.2. The first-order chi connectivity index (χ1) is 7.69. The number of aliphatic imine (C=N–C) groups is 1. The lowest BCUT2D eigenvalue weighted by atomic mass is 10.0. The molecule has 4 heteroatoms. The number of halogens is 1. The molecule has 0 bridgehead atoms. The zero-order chi connectivity index (χ0) is 12.0. The molecular weight excluding hydrogens is 205 g/mol. The van der Waals surface area contributed by atoms with Crippen LogP contribution in [0.5, 0.6) is 0 Å². The number of para-hydroxylation sites is 1. The van der Waals surface area contributed by atoms with Gasteiger partial charge in [0.2, 0.25) is 0 Å². The van der Waals surface area contributed by atoms with E-state index in [2.05, 4.69) is 10.1 Å². The number of rotatable bonds is 4. The predicted octanol–water partition coefficient (Wildman–Crippen LogP) is 2.89. The molecule has 0 amide bonds. The third-order valence-electron chi connectivity index (χ3n) is 2.45. The minimum atomic E-state index is -0.348. The second-order valence-corrected chi connectivity index (χ2v) is 3.57. The van der Waals surface area contributed by atoms with Gasteiger partial charge in [0.1, 0.15) is 5.82 Å². The van der Waals surface area contributed by atoms with E-state index >= 15 is 0 Å². The van der Waals surface area contributed by atoms with E-state index in [1.165, 1.54) is 12.3 Å². The highest BCUT2D eigenvalue weighted by molar-refractivity contribution is 6.31. The van der Waals surface area contributed by atoms with Crippen LogP contribution in [0.4, 0.5) is 10.1 Å². The Hall–Kier alpha value is -1.71. The Labute approximate surface area is 94.9 Å². The van der Waals surface area contributed by atoms with E-state index in [0.29, 0.717) is 11.4 Å². The largest absolute Gasteiger partial charge is 0.323 e. The minimum absolute atomic E-state index is 0.223. The molecule has 1 atom stereocenters. The van der Waals surface area contributed by atoms with Crippen molar-refractivity contribution >= 4 is 17.6 Å². The van der Waals surface area contributed by atoms with Gasteiger partial charge in [-0.3, -0.25) is 4.99 Å². The Balaban J connectivity index is 2.84. The first-order valence-corrected chi connectivity index (χ1v) is 5.25. The van der Waals surface area contributed by atoms with Crippen LogP contribution < -0.4 is 5.84 Å². The smallest absolute Gasteiger partial charge is 0.148 e. The highest BCUT2D eigenvalue weighted by Gasteiger charge is 2.05. The van der Waals surface area contributed by atoms with E-state index in [-0.39, 0.29) is 11.7 Å². The molecule has 2 N–H and O–H groups in total. The van der Waals surface area contributed by atoms with E-state index < -0.39 is 0 Å². The minimum Gasteiger partial charge on any atom is -0.323 e. The van der Waals surface area contributed by atoms with E-state index in [4.69, 9.17) is 5.84 Å². The number of hydrogen-bond acceptors (Lipinski definition) is 3. The molecule has 0 aliphatic heterocycles. The van der Waals surface area contributed by atoms with Gasteiger partial charge in [-0.15, -0.1) is 0 Å². The van der Waals surface area contributed by atoms with Gasteiger partial charge < -0.3 is 5.84 Å². The molecule has 1 rings (SSSR count). The number of hydrogen-bond donors (Lipinski definition) is 1. The highest BCUT2D eigenvalue weighted by Crippen LogP contribution is 2.15. The van der Waals surface area contributed by atoms with Crippen molar-refractivity contribution in [2.24, 2.45) is 21.9 Å². The Bertz CT molecular complexity index is 399. The van der Waals surface area contributed by atoms with Gasteiger partial charge in [0.05, 0.1) is 17.6 Å². The van der Waals surface area contributed by atoms with Crippen LogP contribution in [0.15, 0.2) is 34.4 Å². The van der Waals surface area contributed by atoms with Crippen molar-refractivity contribution in [2.45, 2.75) is 20.3 Å². The van der Waals surface area contributed by atoms with Crippen molar-refractivity contribution in [2.75, 3.05) is 0 Å². The fourth-order valence-electron chi connectivity index (χ4n) is 1.19. The van der Waals surface area contributed by atoms with Gasteiger partial charge in [0.25, 0.3) is 0 Å². The van der Waals surface area contributed by atoms with Crippen molar-refractivity contribution in [3.8, 4) is 0 Å². The topological polar surface area (TPSA) is 50.7 Å². The second-order valence-electron chi connectivity index (χ2n) is 3.57. The first-order valence-electron chi connectivity index (χ1n) is 5.25. The summed E-state index contributed by atoms with van der Waals surface area (Å²) in [5.41, 5.74) is 0.970. The molecular formula is C12H16FN3. The van der Waals surface area contributed by atoms with Crippen molar-refractivity contribution < 1.29 is 4.39 Å². The summed E-state index contributed by atoms with van der Waals surface area (Å²) in [7, 11) is 0.